The number of carbonyl (C=O) groups excluding carboxylic acids is 1. The van der Waals surface area contributed by atoms with Crippen molar-refractivity contribution in [3.8, 4) is 10.6 Å². The fraction of sp³-hybridized carbons (Fsp3) is 0.524. The molecule has 1 unspecified atom stereocenters. The molecule has 1 saturated heterocycles. The Balaban J connectivity index is 1.56. The number of hydrogen-bond donors (Lipinski definition) is 1. The minimum atomic E-state index is -3.37. The standard InChI is InChI=1S/C21H29N3O3S2/c1-3-14-29(26,27)24-13-5-4-6-19(24)20(25)22-12-11-18-15-28-21(23-18)17-9-7-16(2)8-10-17/h7-10,15,19H,3-6,11-14H2,1-2H3,(H,22,25). The Labute approximate surface area is 177 Å². The molecule has 1 aromatic heterocycles. The molecule has 6 nitrogen and oxygen atoms in total. The molecular formula is C21H29N3O3S2. The highest BCUT2D eigenvalue weighted by Gasteiger charge is 2.35. The van der Waals surface area contributed by atoms with Gasteiger partial charge in [0.25, 0.3) is 0 Å². The maximum atomic E-state index is 12.7. The molecule has 29 heavy (non-hydrogen) atoms. The molecule has 1 fully saturated rings. The third kappa shape index (κ3) is 5.65. The largest absolute Gasteiger partial charge is 0.354 e. The van der Waals surface area contributed by atoms with Crippen LogP contribution in [0.15, 0.2) is 29.6 Å². The monoisotopic (exact) mass is 435 g/mol. The molecule has 2 aromatic rings. The van der Waals surface area contributed by atoms with Crippen LogP contribution in [0.4, 0.5) is 0 Å². The molecule has 1 aliphatic heterocycles. The molecule has 0 spiro atoms. The van der Waals surface area contributed by atoms with Crippen molar-refractivity contribution in [1.82, 2.24) is 14.6 Å². The lowest BCUT2D eigenvalue weighted by Crippen LogP contribution is -2.52. The lowest BCUT2D eigenvalue weighted by Gasteiger charge is -2.33. The molecule has 1 aliphatic rings. The van der Waals surface area contributed by atoms with Crippen LogP contribution in [0.1, 0.15) is 43.9 Å². The van der Waals surface area contributed by atoms with Crippen molar-refractivity contribution in [1.29, 1.82) is 0 Å². The summed E-state index contributed by atoms with van der Waals surface area (Å²) in [7, 11) is -3.37. The van der Waals surface area contributed by atoms with Crippen molar-refractivity contribution in [2.45, 2.75) is 52.0 Å². The van der Waals surface area contributed by atoms with Crippen molar-refractivity contribution < 1.29 is 13.2 Å². The van der Waals surface area contributed by atoms with E-state index >= 15 is 0 Å². The van der Waals surface area contributed by atoms with Crippen LogP contribution >= 0.6 is 11.3 Å². The zero-order valence-corrected chi connectivity index (χ0v) is 18.7. The molecule has 1 aromatic carbocycles. The number of hydrogen-bond acceptors (Lipinski definition) is 5. The predicted molar refractivity (Wildman–Crippen MR) is 117 cm³/mol. The zero-order valence-electron chi connectivity index (χ0n) is 17.1. The third-order valence-corrected chi connectivity index (χ3v) is 8.12. The Bertz CT molecular complexity index is 923. The molecule has 1 atom stereocenters. The summed E-state index contributed by atoms with van der Waals surface area (Å²) < 4.78 is 26.4. The van der Waals surface area contributed by atoms with E-state index in [4.69, 9.17) is 0 Å². The number of rotatable bonds is 8. The Morgan fingerprint density at radius 1 is 1.28 bits per heavy atom. The van der Waals surface area contributed by atoms with E-state index in [9.17, 15) is 13.2 Å². The van der Waals surface area contributed by atoms with Gasteiger partial charge in [0.15, 0.2) is 0 Å². The summed E-state index contributed by atoms with van der Waals surface area (Å²) in [5.41, 5.74) is 3.24. The highest BCUT2D eigenvalue weighted by molar-refractivity contribution is 7.89. The maximum Gasteiger partial charge on any atom is 0.238 e. The van der Waals surface area contributed by atoms with Crippen molar-refractivity contribution in [3.05, 3.63) is 40.9 Å². The summed E-state index contributed by atoms with van der Waals surface area (Å²) in [6.45, 7) is 4.79. The quantitative estimate of drug-likeness (QED) is 0.689. The van der Waals surface area contributed by atoms with Gasteiger partial charge in [-0.1, -0.05) is 43.2 Å². The number of piperidine rings is 1. The van der Waals surface area contributed by atoms with Gasteiger partial charge in [-0.2, -0.15) is 4.31 Å². The van der Waals surface area contributed by atoms with Crippen LogP contribution in [0.25, 0.3) is 10.6 Å². The lowest BCUT2D eigenvalue weighted by atomic mass is 10.0. The van der Waals surface area contributed by atoms with E-state index in [0.717, 1.165) is 29.1 Å². The van der Waals surface area contributed by atoms with Crippen LogP contribution in [0.2, 0.25) is 0 Å². The lowest BCUT2D eigenvalue weighted by molar-refractivity contribution is -0.125. The van der Waals surface area contributed by atoms with Crippen LogP contribution < -0.4 is 5.32 Å². The van der Waals surface area contributed by atoms with E-state index in [-0.39, 0.29) is 11.7 Å². The topological polar surface area (TPSA) is 79.4 Å². The molecule has 1 N–H and O–H groups in total. The highest BCUT2D eigenvalue weighted by Crippen LogP contribution is 2.24. The SMILES string of the molecule is CCCS(=O)(=O)N1CCCCC1C(=O)NCCc1csc(-c2ccc(C)cc2)n1. The van der Waals surface area contributed by atoms with Crippen LogP contribution in [-0.4, -0.2) is 48.5 Å². The van der Waals surface area contributed by atoms with Crippen molar-refractivity contribution in [2.24, 2.45) is 0 Å². The van der Waals surface area contributed by atoms with Gasteiger partial charge in [0.05, 0.1) is 11.4 Å². The Morgan fingerprint density at radius 3 is 2.76 bits per heavy atom. The first-order valence-electron chi connectivity index (χ1n) is 10.2. The van der Waals surface area contributed by atoms with Gasteiger partial charge in [0.2, 0.25) is 15.9 Å². The van der Waals surface area contributed by atoms with Gasteiger partial charge in [0.1, 0.15) is 11.0 Å². The first-order chi connectivity index (χ1) is 13.9. The van der Waals surface area contributed by atoms with Gasteiger partial charge in [-0.15, -0.1) is 11.3 Å². The Morgan fingerprint density at radius 2 is 2.03 bits per heavy atom. The van der Waals surface area contributed by atoms with Crippen LogP contribution in [0.3, 0.4) is 0 Å². The molecule has 0 saturated carbocycles. The minimum absolute atomic E-state index is 0.0946. The summed E-state index contributed by atoms with van der Waals surface area (Å²) in [6, 6.07) is 7.68. The number of nitrogens with zero attached hydrogens (tertiary/aromatic N) is 2. The molecule has 1 amide bonds. The zero-order chi connectivity index (χ0) is 20.9. The average molecular weight is 436 g/mol. The van der Waals surface area contributed by atoms with E-state index in [1.165, 1.54) is 9.87 Å². The normalized spacial score (nSPS) is 17.9. The summed E-state index contributed by atoms with van der Waals surface area (Å²) >= 11 is 1.59. The molecule has 0 radical (unpaired) electrons. The second-order valence-electron chi connectivity index (χ2n) is 7.49. The third-order valence-electron chi connectivity index (χ3n) is 5.11. The number of aryl methyl sites for hydroxylation is 1. The second-order valence-corrected chi connectivity index (χ2v) is 10.4. The van der Waals surface area contributed by atoms with Crippen LogP contribution in [0, 0.1) is 6.92 Å². The average Bonchev–Trinajstić information content (AvgIpc) is 3.17. The van der Waals surface area contributed by atoms with Gasteiger partial charge in [-0.3, -0.25) is 4.79 Å². The molecular weight excluding hydrogens is 406 g/mol. The number of benzene rings is 1. The van der Waals surface area contributed by atoms with E-state index in [1.54, 1.807) is 11.3 Å². The summed E-state index contributed by atoms with van der Waals surface area (Å²) in [5, 5.41) is 5.90. The maximum absolute atomic E-state index is 12.7. The molecule has 0 aliphatic carbocycles. The fourth-order valence-corrected chi connectivity index (χ4v) is 6.16. The summed E-state index contributed by atoms with van der Waals surface area (Å²) in [6.07, 6.45) is 3.46. The number of carbonyl (C=O) groups is 1. The van der Waals surface area contributed by atoms with E-state index in [2.05, 4.69) is 41.5 Å². The fourth-order valence-electron chi connectivity index (χ4n) is 3.56. The van der Waals surface area contributed by atoms with Gasteiger partial charge in [0, 0.05) is 30.5 Å². The number of aromatic nitrogens is 1. The smallest absolute Gasteiger partial charge is 0.238 e. The highest BCUT2D eigenvalue weighted by atomic mass is 32.2. The van der Waals surface area contributed by atoms with Gasteiger partial charge < -0.3 is 5.32 Å². The molecule has 8 heteroatoms. The Hall–Kier alpha value is -1.77. The van der Waals surface area contributed by atoms with E-state index < -0.39 is 16.1 Å². The number of thiazole rings is 1. The van der Waals surface area contributed by atoms with Crippen LogP contribution in [0.5, 0.6) is 0 Å². The minimum Gasteiger partial charge on any atom is -0.354 e. The molecule has 2 heterocycles. The van der Waals surface area contributed by atoms with Crippen molar-refractivity contribution in [3.63, 3.8) is 0 Å². The van der Waals surface area contributed by atoms with E-state index in [0.29, 0.717) is 32.4 Å². The molecule has 0 bridgehead atoms. The number of nitrogens with one attached hydrogen (secondary N) is 1. The summed E-state index contributed by atoms with van der Waals surface area (Å²) in [4.78, 5) is 17.3. The number of sulfonamides is 1. The Kier molecular flexibility index (Phi) is 7.43. The van der Waals surface area contributed by atoms with E-state index in [1.807, 2.05) is 12.3 Å². The van der Waals surface area contributed by atoms with Gasteiger partial charge in [-0.25, -0.2) is 13.4 Å². The van der Waals surface area contributed by atoms with Gasteiger partial charge in [-0.05, 0) is 26.2 Å². The predicted octanol–water partition coefficient (Wildman–Crippen LogP) is 3.37. The van der Waals surface area contributed by atoms with Crippen LogP contribution in [-0.2, 0) is 21.2 Å². The van der Waals surface area contributed by atoms with Crippen molar-refractivity contribution >= 4 is 27.3 Å². The molecule has 3 rings (SSSR count). The second kappa shape index (κ2) is 9.82. The summed E-state index contributed by atoms with van der Waals surface area (Å²) in [5.74, 6) is -0.101. The van der Waals surface area contributed by atoms with Gasteiger partial charge >= 0.3 is 0 Å². The molecule has 158 valence electrons. The first kappa shape index (κ1) is 21.9. The first-order valence-corrected chi connectivity index (χ1v) is 12.7. The van der Waals surface area contributed by atoms with Crippen molar-refractivity contribution in [2.75, 3.05) is 18.8 Å². The number of amides is 1.